The second-order valence-corrected chi connectivity index (χ2v) is 8.23. The fourth-order valence-electron chi connectivity index (χ4n) is 4.51. The van der Waals surface area contributed by atoms with E-state index < -0.39 is 5.97 Å². The molecule has 2 aliphatic heterocycles. The van der Waals surface area contributed by atoms with Gasteiger partial charge >= 0.3 is 5.97 Å². The Morgan fingerprint density at radius 1 is 1.33 bits per heavy atom. The molecule has 0 saturated carbocycles. The minimum atomic E-state index is -0.846. The minimum Gasteiger partial charge on any atom is -0.481 e. The van der Waals surface area contributed by atoms with E-state index in [-0.39, 0.29) is 24.3 Å². The van der Waals surface area contributed by atoms with Gasteiger partial charge in [-0.1, -0.05) is 30.7 Å². The summed E-state index contributed by atoms with van der Waals surface area (Å²) in [6, 6.07) is 9.91. The largest absolute Gasteiger partial charge is 0.481 e. The number of carboxylic acid groups (broad SMARTS) is 1. The molecule has 30 heavy (non-hydrogen) atoms. The lowest BCUT2D eigenvalue weighted by Gasteiger charge is -2.35. The molecule has 0 aliphatic carbocycles. The number of nitrogens with one attached hydrogen (secondary N) is 1. The van der Waals surface area contributed by atoms with Crippen LogP contribution in [-0.2, 0) is 15.0 Å². The van der Waals surface area contributed by atoms with Gasteiger partial charge in [-0.25, -0.2) is 4.98 Å². The molecule has 1 fully saturated rings. The smallest absolute Gasteiger partial charge is 0.304 e. The van der Waals surface area contributed by atoms with Gasteiger partial charge in [-0.3, -0.25) is 14.5 Å². The number of pyridine rings is 1. The zero-order chi connectivity index (χ0) is 21.3. The lowest BCUT2D eigenvalue weighted by molar-refractivity contribution is -0.137. The summed E-state index contributed by atoms with van der Waals surface area (Å²) in [5.41, 5.74) is 2.67. The molecule has 4 rings (SSSR count). The fraction of sp³-hybridized carbons (Fsp3) is 0.409. The number of carbonyl (C=O) groups excluding carboxylic acids is 1. The zero-order valence-corrected chi connectivity index (χ0v) is 17.7. The standard InChI is InChI=1S/C22H25ClN4O3/c1-2-22(14-25-21-20(22)17(23)6-8-24-21)15-4-3-5-16(12-15)27-11-10-26(13-18(27)28)9-7-19(29)30/h3-6,8,12H,2,7,9-11,13-14H2,1H3,(H,24,25)(H,29,30). The van der Waals surface area contributed by atoms with Crippen molar-refractivity contribution in [1.29, 1.82) is 0 Å². The van der Waals surface area contributed by atoms with Gasteiger partial charge in [0.1, 0.15) is 5.82 Å². The van der Waals surface area contributed by atoms with Crippen molar-refractivity contribution in [2.45, 2.75) is 25.2 Å². The Labute approximate surface area is 180 Å². The predicted molar refractivity (Wildman–Crippen MR) is 116 cm³/mol. The van der Waals surface area contributed by atoms with Gasteiger partial charge in [0.25, 0.3) is 0 Å². The van der Waals surface area contributed by atoms with E-state index in [0.717, 1.165) is 29.1 Å². The van der Waals surface area contributed by atoms with Gasteiger partial charge in [0.05, 0.1) is 13.0 Å². The molecular formula is C22H25ClN4O3. The highest BCUT2D eigenvalue weighted by Gasteiger charge is 2.42. The lowest BCUT2D eigenvalue weighted by Crippen LogP contribution is -2.51. The van der Waals surface area contributed by atoms with Crippen LogP contribution in [0.25, 0.3) is 0 Å². The first-order valence-corrected chi connectivity index (χ1v) is 10.6. The normalized spacial score (nSPS) is 21.4. The molecule has 1 atom stereocenters. The molecule has 1 aromatic heterocycles. The van der Waals surface area contributed by atoms with E-state index in [2.05, 4.69) is 29.4 Å². The van der Waals surface area contributed by atoms with Gasteiger partial charge in [0.2, 0.25) is 5.91 Å². The summed E-state index contributed by atoms with van der Waals surface area (Å²) in [5.74, 6) is -0.0436. The number of hydrogen-bond donors (Lipinski definition) is 2. The quantitative estimate of drug-likeness (QED) is 0.735. The van der Waals surface area contributed by atoms with Gasteiger partial charge < -0.3 is 15.3 Å². The van der Waals surface area contributed by atoms with Crippen molar-refractivity contribution in [2.24, 2.45) is 0 Å². The van der Waals surface area contributed by atoms with Crippen LogP contribution in [-0.4, -0.2) is 59.6 Å². The van der Waals surface area contributed by atoms with Crippen LogP contribution in [0.4, 0.5) is 11.5 Å². The lowest BCUT2D eigenvalue weighted by atomic mass is 9.74. The first kappa shape index (κ1) is 20.6. The number of fused-ring (bicyclic) bond motifs is 1. The van der Waals surface area contributed by atoms with Crippen LogP contribution in [0.1, 0.15) is 30.9 Å². The van der Waals surface area contributed by atoms with Gasteiger partial charge in [-0.2, -0.15) is 0 Å². The number of halogens is 1. The monoisotopic (exact) mass is 428 g/mol. The van der Waals surface area contributed by atoms with Gasteiger partial charge in [-0.15, -0.1) is 0 Å². The van der Waals surface area contributed by atoms with Crippen molar-refractivity contribution in [1.82, 2.24) is 9.88 Å². The SMILES string of the molecule is CCC1(c2cccc(N3CCN(CCC(=O)O)CC3=O)c2)CNc2nccc(Cl)c21. The highest BCUT2D eigenvalue weighted by Crippen LogP contribution is 2.47. The second-order valence-electron chi connectivity index (χ2n) is 7.82. The number of amides is 1. The molecule has 2 N–H and O–H groups in total. The summed E-state index contributed by atoms with van der Waals surface area (Å²) >= 11 is 6.57. The number of rotatable bonds is 6. The first-order chi connectivity index (χ1) is 14.4. The number of hydrogen-bond acceptors (Lipinski definition) is 5. The molecule has 2 aliphatic rings. The van der Waals surface area contributed by atoms with Crippen molar-refractivity contribution >= 4 is 35.0 Å². The number of carboxylic acids is 1. The Hall–Kier alpha value is -2.64. The Balaban J connectivity index is 1.60. The Morgan fingerprint density at radius 3 is 2.90 bits per heavy atom. The van der Waals surface area contributed by atoms with E-state index in [1.54, 1.807) is 11.1 Å². The summed E-state index contributed by atoms with van der Waals surface area (Å²) in [5, 5.41) is 13.0. The number of carbonyl (C=O) groups is 2. The third kappa shape index (κ3) is 3.63. The van der Waals surface area contributed by atoms with Gasteiger partial charge in [0, 0.05) is 54.1 Å². The molecule has 7 nitrogen and oxygen atoms in total. The fourth-order valence-corrected chi connectivity index (χ4v) is 4.84. The molecule has 8 heteroatoms. The van der Waals surface area contributed by atoms with E-state index >= 15 is 0 Å². The molecule has 1 saturated heterocycles. The molecule has 1 amide bonds. The van der Waals surface area contributed by atoms with Crippen LogP contribution in [0.2, 0.25) is 5.02 Å². The van der Waals surface area contributed by atoms with Crippen molar-refractivity contribution in [2.75, 3.05) is 42.9 Å². The molecule has 1 aromatic carbocycles. The maximum Gasteiger partial charge on any atom is 0.304 e. The van der Waals surface area contributed by atoms with Gasteiger partial charge in [-0.05, 0) is 30.2 Å². The third-order valence-corrected chi connectivity index (χ3v) is 6.51. The van der Waals surface area contributed by atoms with E-state index in [9.17, 15) is 9.59 Å². The molecular weight excluding hydrogens is 404 g/mol. The van der Waals surface area contributed by atoms with E-state index in [1.807, 2.05) is 23.1 Å². The summed E-state index contributed by atoms with van der Waals surface area (Å²) in [6.45, 7) is 4.66. The van der Waals surface area contributed by atoms with Crippen molar-refractivity contribution < 1.29 is 14.7 Å². The zero-order valence-electron chi connectivity index (χ0n) is 16.9. The van der Waals surface area contributed by atoms with Crippen LogP contribution >= 0.6 is 11.6 Å². The van der Waals surface area contributed by atoms with E-state index in [0.29, 0.717) is 31.2 Å². The minimum absolute atomic E-state index is 0.0148. The van der Waals surface area contributed by atoms with Crippen LogP contribution < -0.4 is 10.2 Å². The molecule has 0 bridgehead atoms. The highest BCUT2D eigenvalue weighted by atomic mass is 35.5. The van der Waals surface area contributed by atoms with Gasteiger partial charge in [0.15, 0.2) is 0 Å². The molecule has 0 spiro atoms. The van der Waals surface area contributed by atoms with Crippen LogP contribution in [0, 0.1) is 0 Å². The molecule has 0 radical (unpaired) electrons. The van der Waals surface area contributed by atoms with Crippen molar-refractivity contribution in [3.63, 3.8) is 0 Å². The Bertz CT molecular complexity index is 983. The topological polar surface area (TPSA) is 85.8 Å². The second kappa shape index (κ2) is 8.24. The average Bonchev–Trinajstić information content (AvgIpc) is 3.14. The third-order valence-electron chi connectivity index (χ3n) is 6.19. The number of aliphatic carboxylic acids is 1. The molecule has 2 aromatic rings. The molecule has 1 unspecified atom stereocenters. The Morgan fingerprint density at radius 2 is 2.17 bits per heavy atom. The van der Waals surface area contributed by atoms with Crippen molar-refractivity contribution in [3.05, 3.63) is 52.7 Å². The number of aromatic nitrogens is 1. The molecule has 158 valence electrons. The summed E-state index contributed by atoms with van der Waals surface area (Å²) in [4.78, 5) is 31.7. The number of piperazine rings is 1. The maximum atomic E-state index is 12.8. The van der Waals surface area contributed by atoms with Crippen LogP contribution in [0.3, 0.4) is 0 Å². The highest BCUT2D eigenvalue weighted by molar-refractivity contribution is 6.32. The summed E-state index contributed by atoms with van der Waals surface area (Å²) in [7, 11) is 0. The molecule has 3 heterocycles. The number of benzene rings is 1. The van der Waals surface area contributed by atoms with E-state index in [1.165, 1.54) is 0 Å². The summed E-state index contributed by atoms with van der Waals surface area (Å²) < 4.78 is 0. The number of nitrogens with zero attached hydrogens (tertiary/aromatic N) is 3. The maximum absolute atomic E-state index is 12.8. The van der Waals surface area contributed by atoms with Crippen LogP contribution in [0.5, 0.6) is 0 Å². The van der Waals surface area contributed by atoms with Crippen LogP contribution in [0.15, 0.2) is 36.5 Å². The Kier molecular flexibility index (Phi) is 5.66. The van der Waals surface area contributed by atoms with E-state index in [4.69, 9.17) is 16.7 Å². The first-order valence-electron chi connectivity index (χ1n) is 10.2. The predicted octanol–water partition coefficient (Wildman–Crippen LogP) is 2.98. The average molecular weight is 429 g/mol. The number of anilines is 2. The van der Waals surface area contributed by atoms with Crippen molar-refractivity contribution in [3.8, 4) is 0 Å². The summed E-state index contributed by atoms with van der Waals surface area (Å²) in [6.07, 6.45) is 2.60.